The van der Waals surface area contributed by atoms with E-state index in [0.717, 1.165) is 24.0 Å². The number of anilines is 1. The Morgan fingerprint density at radius 1 is 1.28 bits per heavy atom. The Labute approximate surface area is 164 Å². The van der Waals surface area contributed by atoms with Crippen LogP contribution in [0, 0.1) is 0 Å². The lowest BCUT2D eigenvalue weighted by Gasteiger charge is -2.35. The number of alkyl halides is 3. The molecule has 1 aromatic rings. The van der Waals surface area contributed by atoms with Gasteiger partial charge in [0.15, 0.2) is 6.10 Å². The molecule has 29 heavy (non-hydrogen) atoms. The Morgan fingerprint density at radius 3 is 2.48 bits per heavy atom. The molecule has 2 heterocycles. The van der Waals surface area contributed by atoms with E-state index < -0.39 is 47.5 Å². The van der Waals surface area contributed by atoms with Crippen LogP contribution in [0.25, 0.3) is 0 Å². The van der Waals surface area contributed by atoms with Crippen molar-refractivity contribution in [2.45, 2.75) is 51.7 Å². The molecule has 0 aliphatic carbocycles. The monoisotopic (exact) mass is 418 g/mol. The molecule has 0 unspecified atom stereocenters. The van der Waals surface area contributed by atoms with Crippen molar-refractivity contribution in [3.05, 3.63) is 23.9 Å². The summed E-state index contributed by atoms with van der Waals surface area (Å²) < 4.78 is 54.2. The summed E-state index contributed by atoms with van der Waals surface area (Å²) in [6.45, 7) is 5.57. The molecule has 0 aromatic carbocycles. The number of esters is 2. The number of morpholine rings is 1. The normalized spacial score (nSPS) is 18.9. The zero-order valence-electron chi connectivity index (χ0n) is 16.3. The van der Waals surface area contributed by atoms with Crippen LogP contribution in [0.5, 0.6) is 0 Å². The molecule has 1 aliphatic heterocycles. The van der Waals surface area contributed by atoms with E-state index in [9.17, 15) is 27.6 Å². The van der Waals surface area contributed by atoms with Crippen molar-refractivity contribution in [2.75, 3.05) is 18.1 Å². The van der Waals surface area contributed by atoms with Crippen LogP contribution >= 0.6 is 0 Å². The van der Waals surface area contributed by atoms with Crippen LogP contribution in [0.1, 0.15) is 33.4 Å². The van der Waals surface area contributed by atoms with Crippen LogP contribution in [-0.2, 0) is 34.8 Å². The number of rotatable bonds is 4. The fraction of sp³-hybridized carbons (Fsp3) is 0.556. The molecule has 1 saturated heterocycles. The van der Waals surface area contributed by atoms with E-state index in [0.29, 0.717) is 0 Å². The topological polar surface area (TPSA) is 95.0 Å². The molecule has 11 heteroatoms. The smallest absolute Gasteiger partial charge is 0.433 e. The van der Waals surface area contributed by atoms with E-state index in [-0.39, 0.29) is 19.0 Å². The number of aromatic nitrogens is 1. The largest absolute Gasteiger partial charge is 0.457 e. The van der Waals surface area contributed by atoms with Crippen LogP contribution in [0.4, 0.5) is 19.0 Å². The lowest BCUT2D eigenvalue weighted by molar-refractivity contribution is -0.188. The van der Waals surface area contributed by atoms with Crippen LogP contribution in [-0.4, -0.2) is 53.8 Å². The van der Waals surface area contributed by atoms with Crippen molar-refractivity contribution in [1.82, 2.24) is 4.98 Å². The number of halogens is 3. The Balaban J connectivity index is 2.32. The highest BCUT2D eigenvalue weighted by molar-refractivity contribution is 6.00. The van der Waals surface area contributed by atoms with Crippen molar-refractivity contribution < 1.29 is 41.8 Å². The average Bonchev–Trinajstić information content (AvgIpc) is 2.58. The van der Waals surface area contributed by atoms with Crippen LogP contribution in [0.3, 0.4) is 0 Å². The Hall–Kier alpha value is -2.69. The quantitative estimate of drug-likeness (QED) is 0.691. The van der Waals surface area contributed by atoms with E-state index in [2.05, 4.69) is 4.98 Å². The highest BCUT2D eigenvalue weighted by atomic mass is 19.4. The molecule has 0 spiro atoms. The van der Waals surface area contributed by atoms with Gasteiger partial charge in [-0.15, -0.1) is 0 Å². The first-order valence-corrected chi connectivity index (χ1v) is 8.67. The van der Waals surface area contributed by atoms with Gasteiger partial charge in [-0.25, -0.2) is 9.78 Å². The van der Waals surface area contributed by atoms with Crippen molar-refractivity contribution in [2.24, 2.45) is 0 Å². The number of amides is 1. The third kappa shape index (κ3) is 5.89. The highest BCUT2D eigenvalue weighted by Gasteiger charge is 2.45. The van der Waals surface area contributed by atoms with Gasteiger partial charge in [-0.1, -0.05) is 6.07 Å². The second-order valence-electron chi connectivity index (χ2n) is 7.22. The van der Waals surface area contributed by atoms with Crippen LogP contribution in [0.15, 0.2) is 18.2 Å². The summed E-state index contributed by atoms with van der Waals surface area (Å²) in [7, 11) is 0. The van der Waals surface area contributed by atoms with Gasteiger partial charge in [0.25, 0.3) is 5.91 Å². The van der Waals surface area contributed by atoms with Gasteiger partial charge in [-0.05, 0) is 32.9 Å². The van der Waals surface area contributed by atoms with Gasteiger partial charge in [0.05, 0.1) is 13.2 Å². The van der Waals surface area contributed by atoms with Crippen LogP contribution < -0.4 is 4.90 Å². The fourth-order valence-corrected chi connectivity index (χ4v) is 2.55. The first-order valence-electron chi connectivity index (χ1n) is 8.67. The molecule has 0 N–H and O–H groups in total. The molecular formula is C18H21F3N2O6. The Bertz CT molecular complexity index is 791. The third-order valence-corrected chi connectivity index (χ3v) is 3.63. The minimum absolute atomic E-state index is 0.0925. The van der Waals surface area contributed by atoms with Crippen molar-refractivity contribution in [1.29, 1.82) is 0 Å². The number of pyridine rings is 1. The summed E-state index contributed by atoms with van der Waals surface area (Å²) in [6.07, 6.45) is -7.99. The summed E-state index contributed by atoms with van der Waals surface area (Å²) in [5.41, 5.74) is -2.11. The highest BCUT2D eigenvalue weighted by Crippen LogP contribution is 2.30. The van der Waals surface area contributed by atoms with Crippen molar-refractivity contribution in [3.8, 4) is 0 Å². The molecule has 0 bridgehead atoms. The van der Waals surface area contributed by atoms with Gasteiger partial charge in [0.1, 0.15) is 17.1 Å². The minimum Gasteiger partial charge on any atom is -0.457 e. The molecule has 1 amide bonds. The van der Waals surface area contributed by atoms with Gasteiger partial charge in [0, 0.05) is 6.92 Å². The van der Waals surface area contributed by atoms with E-state index >= 15 is 0 Å². The van der Waals surface area contributed by atoms with E-state index in [1.807, 2.05) is 0 Å². The van der Waals surface area contributed by atoms with Crippen molar-refractivity contribution >= 4 is 23.7 Å². The number of carbonyl (C=O) groups excluding carboxylic acids is 3. The summed E-state index contributed by atoms with van der Waals surface area (Å²) >= 11 is 0. The van der Waals surface area contributed by atoms with Crippen molar-refractivity contribution in [3.63, 3.8) is 0 Å². The molecule has 0 saturated carbocycles. The molecule has 160 valence electrons. The lowest BCUT2D eigenvalue weighted by atomic mass is 10.1. The molecule has 2 rings (SSSR count). The number of hydrogen-bond donors (Lipinski definition) is 0. The van der Waals surface area contributed by atoms with Gasteiger partial charge >= 0.3 is 18.1 Å². The zero-order chi connectivity index (χ0) is 22.0. The molecule has 2 atom stereocenters. The molecule has 0 radical (unpaired) electrons. The Morgan fingerprint density at radius 2 is 1.93 bits per heavy atom. The predicted molar refractivity (Wildman–Crippen MR) is 92.7 cm³/mol. The summed E-state index contributed by atoms with van der Waals surface area (Å²) in [4.78, 5) is 41.2. The lowest BCUT2D eigenvalue weighted by Crippen LogP contribution is -2.56. The van der Waals surface area contributed by atoms with Gasteiger partial charge < -0.3 is 14.2 Å². The van der Waals surface area contributed by atoms with E-state index in [4.69, 9.17) is 14.2 Å². The maximum absolute atomic E-state index is 12.9. The molecule has 1 fully saturated rings. The summed E-state index contributed by atoms with van der Waals surface area (Å²) in [5, 5.41) is 0. The molecule has 1 aliphatic rings. The first-order chi connectivity index (χ1) is 13.3. The third-order valence-electron chi connectivity index (χ3n) is 3.63. The van der Waals surface area contributed by atoms with E-state index in [1.54, 1.807) is 20.8 Å². The van der Waals surface area contributed by atoms with Gasteiger partial charge in [-0.2, -0.15) is 13.2 Å². The molecular weight excluding hydrogens is 397 g/mol. The maximum atomic E-state index is 12.9. The second-order valence-corrected chi connectivity index (χ2v) is 7.22. The maximum Gasteiger partial charge on any atom is 0.433 e. The molecule has 1 aromatic heterocycles. The van der Waals surface area contributed by atoms with Gasteiger partial charge in [-0.3, -0.25) is 14.5 Å². The average molecular weight is 418 g/mol. The number of ether oxygens (including phenoxy) is 3. The second kappa shape index (κ2) is 8.36. The summed E-state index contributed by atoms with van der Waals surface area (Å²) in [5.74, 6) is -3.00. The summed E-state index contributed by atoms with van der Waals surface area (Å²) in [6, 6.07) is 3.11. The zero-order valence-corrected chi connectivity index (χ0v) is 16.3. The molecule has 8 nitrogen and oxygen atoms in total. The number of nitrogens with zero attached hydrogens (tertiary/aromatic N) is 2. The predicted octanol–water partition coefficient (Wildman–Crippen LogP) is 2.11. The fourth-order valence-electron chi connectivity index (χ4n) is 2.55. The van der Waals surface area contributed by atoms with Gasteiger partial charge in [0.2, 0.25) is 6.10 Å². The standard InChI is InChI=1S/C18H21F3N2O6/c1-10(24)28-14(16(26)29-17(2,3)4)13-15(25)23(8-9-27-13)12-7-5-6-11(22-12)18(19,20)21/h5-7,13-14H,8-9H2,1-4H3/t13-,14-/m1/s1. The van der Waals surface area contributed by atoms with E-state index in [1.165, 1.54) is 6.07 Å². The SMILES string of the molecule is CC(=O)O[C@@H](C(=O)OC(C)(C)C)[C@H]1OCCN(c2cccc(C(F)(F)F)n2)C1=O. The van der Waals surface area contributed by atoms with Crippen LogP contribution in [0.2, 0.25) is 0 Å². The number of carbonyl (C=O) groups is 3. The first kappa shape index (κ1) is 22.6. The number of hydrogen-bond acceptors (Lipinski definition) is 7. The minimum atomic E-state index is -4.69. The Kier molecular flexibility index (Phi) is 6.51.